The molecule has 0 spiro atoms. The van der Waals surface area contributed by atoms with Crippen molar-refractivity contribution in [3.8, 4) is 0 Å². The molecule has 2 rings (SSSR count). The van der Waals surface area contributed by atoms with Gasteiger partial charge in [-0.1, -0.05) is 18.2 Å². The van der Waals surface area contributed by atoms with E-state index in [4.69, 9.17) is 5.11 Å². The first-order chi connectivity index (χ1) is 9.37. The zero-order chi connectivity index (χ0) is 14.8. The minimum absolute atomic E-state index is 0.0365. The third-order valence-electron chi connectivity index (χ3n) is 2.61. The summed E-state index contributed by atoms with van der Waals surface area (Å²) in [7, 11) is -3.03. The smallest absolute Gasteiger partial charge is 0.354 e. The maximum atomic E-state index is 11.1. The second kappa shape index (κ2) is 5.80. The van der Waals surface area contributed by atoms with E-state index in [-0.39, 0.29) is 11.4 Å². The van der Waals surface area contributed by atoms with Crippen LogP contribution in [0.15, 0.2) is 35.2 Å². The molecule has 0 aliphatic carbocycles. The topological polar surface area (TPSA) is 84.3 Å². The molecule has 106 valence electrons. The van der Waals surface area contributed by atoms with Crippen molar-refractivity contribution in [3.63, 3.8) is 0 Å². The summed E-state index contributed by atoms with van der Waals surface area (Å²) in [5, 5.41) is 9.89. The highest BCUT2D eigenvalue weighted by atomic mass is 32.2. The molecule has 0 radical (unpaired) electrons. The van der Waals surface area contributed by atoms with Gasteiger partial charge in [-0.05, 0) is 12.1 Å². The van der Waals surface area contributed by atoms with Crippen molar-refractivity contribution < 1.29 is 18.3 Å². The van der Waals surface area contributed by atoms with E-state index in [9.17, 15) is 13.2 Å². The van der Waals surface area contributed by atoms with Gasteiger partial charge in [0.15, 0.2) is 0 Å². The number of carboxylic acid groups (broad SMARTS) is 1. The second-order valence-corrected chi connectivity index (χ2v) is 7.70. The lowest BCUT2D eigenvalue weighted by molar-refractivity contribution is 0.0690. The zero-order valence-electron chi connectivity index (χ0n) is 10.7. The molecular formula is C13H13NO4S2. The first kappa shape index (κ1) is 14.8. The van der Waals surface area contributed by atoms with Gasteiger partial charge >= 0.3 is 5.97 Å². The summed E-state index contributed by atoms with van der Waals surface area (Å²) in [6.07, 6.45) is 1.18. The van der Waals surface area contributed by atoms with Gasteiger partial charge in [-0.15, -0.1) is 11.8 Å². The largest absolute Gasteiger partial charge is 0.477 e. The molecule has 0 bridgehead atoms. The molecule has 1 N–H and O–H groups in total. The standard InChI is InChI=1S/C13H13NO4S2/c1-20(17,18)7-6-19-12-8-11(13(15)16)14-10-5-3-2-4-9(10)12/h2-5,8H,6-7H2,1H3,(H,15,16). The quantitative estimate of drug-likeness (QED) is 0.851. The summed E-state index contributed by atoms with van der Waals surface area (Å²) in [4.78, 5) is 15.9. The number of aromatic carboxylic acids is 1. The molecule has 0 amide bonds. The molecular weight excluding hydrogens is 298 g/mol. The number of rotatable bonds is 5. The number of carbonyl (C=O) groups is 1. The average molecular weight is 311 g/mol. The van der Waals surface area contributed by atoms with Crippen LogP contribution < -0.4 is 0 Å². The van der Waals surface area contributed by atoms with Crippen LogP contribution in [0.3, 0.4) is 0 Å². The maximum absolute atomic E-state index is 11.1. The number of hydrogen-bond acceptors (Lipinski definition) is 5. The highest BCUT2D eigenvalue weighted by Gasteiger charge is 2.11. The number of thioether (sulfide) groups is 1. The Morgan fingerprint density at radius 2 is 2.05 bits per heavy atom. The van der Waals surface area contributed by atoms with Gasteiger partial charge in [0.2, 0.25) is 0 Å². The van der Waals surface area contributed by atoms with E-state index in [0.29, 0.717) is 11.3 Å². The summed E-state index contributed by atoms with van der Waals surface area (Å²) < 4.78 is 22.3. The summed E-state index contributed by atoms with van der Waals surface area (Å²) >= 11 is 1.33. The lowest BCUT2D eigenvalue weighted by Crippen LogP contribution is -2.05. The minimum Gasteiger partial charge on any atom is -0.477 e. The van der Waals surface area contributed by atoms with Crippen LogP contribution in [0.5, 0.6) is 0 Å². The van der Waals surface area contributed by atoms with Crippen molar-refractivity contribution in [2.45, 2.75) is 4.90 Å². The van der Waals surface area contributed by atoms with Crippen LogP contribution >= 0.6 is 11.8 Å². The van der Waals surface area contributed by atoms with Crippen LogP contribution in [0.1, 0.15) is 10.5 Å². The van der Waals surface area contributed by atoms with Crippen LogP contribution in [-0.2, 0) is 9.84 Å². The monoisotopic (exact) mass is 311 g/mol. The van der Waals surface area contributed by atoms with Gasteiger partial charge in [-0.3, -0.25) is 0 Å². The highest BCUT2D eigenvalue weighted by Crippen LogP contribution is 2.28. The van der Waals surface area contributed by atoms with Gasteiger partial charge < -0.3 is 5.11 Å². The molecule has 20 heavy (non-hydrogen) atoms. The lowest BCUT2D eigenvalue weighted by Gasteiger charge is -2.07. The molecule has 0 saturated carbocycles. The predicted molar refractivity (Wildman–Crippen MR) is 79.1 cm³/mol. The third kappa shape index (κ3) is 3.71. The molecule has 1 heterocycles. The number of aromatic nitrogens is 1. The number of benzene rings is 1. The Morgan fingerprint density at radius 1 is 1.35 bits per heavy atom. The molecule has 0 aliphatic rings. The van der Waals surface area contributed by atoms with Crippen LogP contribution in [0.4, 0.5) is 0 Å². The van der Waals surface area contributed by atoms with Gasteiger partial charge in [0.05, 0.1) is 11.3 Å². The fourth-order valence-electron chi connectivity index (χ4n) is 1.68. The number of fused-ring (bicyclic) bond motifs is 1. The van der Waals surface area contributed by atoms with Crippen LogP contribution in [-0.4, -0.2) is 42.2 Å². The first-order valence-corrected chi connectivity index (χ1v) is 8.85. The van der Waals surface area contributed by atoms with Crippen molar-refractivity contribution in [1.82, 2.24) is 4.98 Å². The van der Waals surface area contributed by atoms with Crippen LogP contribution in [0, 0.1) is 0 Å². The van der Waals surface area contributed by atoms with E-state index >= 15 is 0 Å². The fraction of sp³-hybridized carbons (Fsp3) is 0.231. The minimum atomic E-state index is -3.03. The van der Waals surface area contributed by atoms with Crippen molar-refractivity contribution in [1.29, 1.82) is 0 Å². The number of carboxylic acids is 1. The Hall–Kier alpha value is -1.60. The third-order valence-corrected chi connectivity index (χ3v) is 4.87. The number of hydrogen-bond donors (Lipinski definition) is 1. The lowest BCUT2D eigenvalue weighted by atomic mass is 10.2. The van der Waals surface area contributed by atoms with E-state index in [1.807, 2.05) is 12.1 Å². The van der Waals surface area contributed by atoms with Gasteiger partial charge in [0.25, 0.3) is 0 Å². The van der Waals surface area contributed by atoms with Crippen molar-refractivity contribution in [2.24, 2.45) is 0 Å². The SMILES string of the molecule is CS(=O)(=O)CCSc1cc(C(=O)O)nc2ccccc12. The zero-order valence-corrected chi connectivity index (χ0v) is 12.4. The van der Waals surface area contributed by atoms with Gasteiger partial charge in [-0.2, -0.15) is 0 Å². The Labute approximate surface area is 120 Å². The maximum Gasteiger partial charge on any atom is 0.354 e. The molecule has 0 unspecified atom stereocenters. The van der Waals surface area contributed by atoms with Crippen molar-refractivity contribution in [3.05, 3.63) is 36.0 Å². The molecule has 5 nitrogen and oxygen atoms in total. The molecule has 1 aromatic heterocycles. The molecule has 0 fully saturated rings. The summed E-state index contributed by atoms with van der Waals surface area (Å²) in [5.41, 5.74) is 0.555. The Bertz CT molecular complexity index is 756. The summed E-state index contributed by atoms with van der Waals surface area (Å²) in [5.74, 6) is -0.663. The fourth-order valence-corrected chi connectivity index (χ4v) is 3.96. The van der Waals surface area contributed by atoms with Crippen molar-refractivity contribution >= 4 is 38.5 Å². The number of pyridine rings is 1. The van der Waals surface area contributed by atoms with Crippen LogP contribution in [0.2, 0.25) is 0 Å². The summed E-state index contributed by atoms with van der Waals surface area (Å²) in [6.45, 7) is 0. The Kier molecular flexibility index (Phi) is 4.29. The van der Waals surface area contributed by atoms with E-state index in [1.165, 1.54) is 24.1 Å². The molecule has 7 heteroatoms. The normalized spacial score (nSPS) is 11.7. The second-order valence-electron chi connectivity index (χ2n) is 4.31. The first-order valence-electron chi connectivity index (χ1n) is 5.80. The number of nitrogens with zero attached hydrogens (tertiary/aromatic N) is 1. The Morgan fingerprint density at radius 3 is 2.70 bits per heavy atom. The van der Waals surface area contributed by atoms with E-state index in [0.717, 1.165) is 10.3 Å². The molecule has 2 aromatic rings. The average Bonchev–Trinajstić information content (AvgIpc) is 2.36. The van der Waals surface area contributed by atoms with Gasteiger partial charge in [-0.25, -0.2) is 18.2 Å². The van der Waals surface area contributed by atoms with Gasteiger partial charge in [0.1, 0.15) is 15.5 Å². The molecule has 0 atom stereocenters. The summed E-state index contributed by atoms with van der Waals surface area (Å²) in [6, 6.07) is 8.69. The molecule has 0 saturated heterocycles. The Balaban J connectivity index is 2.37. The number of para-hydroxylation sites is 1. The predicted octanol–water partition coefficient (Wildman–Crippen LogP) is 2.07. The molecule has 0 aliphatic heterocycles. The van der Waals surface area contributed by atoms with E-state index in [2.05, 4.69) is 4.98 Å². The van der Waals surface area contributed by atoms with Crippen LogP contribution in [0.25, 0.3) is 10.9 Å². The molecule has 1 aromatic carbocycles. The van der Waals surface area contributed by atoms with E-state index < -0.39 is 15.8 Å². The van der Waals surface area contributed by atoms with Gasteiger partial charge in [0, 0.05) is 22.3 Å². The number of sulfone groups is 1. The van der Waals surface area contributed by atoms with Crippen molar-refractivity contribution in [2.75, 3.05) is 17.8 Å². The highest BCUT2D eigenvalue weighted by molar-refractivity contribution is 8.00. The van der Waals surface area contributed by atoms with E-state index in [1.54, 1.807) is 12.1 Å².